The molecule has 1 aromatic rings. The van der Waals surface area contributed by atoms with Gasteiger partial charge in [0.05, 0.1) is 6.04 Å². The van der Waals surface area contributed by atoms with Crippen LogP contribution in [0.2, 0.25) is 0 Å². The van der Waals surface area contributed by atoms with Gasteiger partial charge in [0, 0.05) is 31.4 Å². The van der Waals surface area contributed by atoms with E-state index in [2.05, 4.69) is 4.90 Å². The largest absolute Gasteiger partial charge is 0.450 e. The molecule has 0 aliphatic carbocycles. The minimum absolute atomic E-state index is 0.188. The molecule has 1 heterocycles. The van der Waals surface area contributed by atoms with Crippen LogP contribution in [0.25, 0.3) is 0 Å². The number of carbonyl (C=O) groups excluding carboxylic acids is 1. The molecule has 1 aromatic carbocycles. The fraction of sp³-hybridized carbons (Fsp3) is 0.533. The highest BCUT2D eigenvalue weighted by atomic mass is 16.6. The number of nitrogens with zero attached hydrogens (tertiary/aromatic N) is 2. The maximum atomic E-state index is 11.3. The molecule has 0 bridgehead atoms. The van der Waals surface area contributed by atoms with E-state index in [9.17, 15) is 14.9 Å². The Labute approximate surface area is 123 Å². The molecule has 0 spiro atoms. The Kier molecular flexibility index (Phi) is 4.57. The van der Waals surface area contributed by atoms with Crippen LogP contribution in [-0.2, 0) is 16.1 Å². The van der Waals surface area contributed by atoms with Crippen LogP contribution in [0.4, 0.5) is 0 Å². The van der Waals surface area contributed by atoms with E-state index in [1.807, 2.05) is 37.3 Å². The first-order chi connectivity index (χ1) is 9.93. The van der Waals surface area contributed by atoms with Crippen molar-refractivity contribution < 1.29 is 14.5 Å². The lowest BCUT2D eigenvalue weighted by Gasteiger charge is -2.32. The van der Waals surface area contributed by atoms with E-state index >= 15 is 0 Å². The van der Waals surface area contributed by atoms with E-state index in [0.717, 1.165) is 5.56 Å². The van der Waals surface area contributed by atoms with E-state index in [-0.39, 0.29) is 12.6 Å². The molecule has 1 fully saturated rings. The smallest absolute Gasteiger partial charge is 0.303 e. The molecule has 6 nitrogen and oxygen atoms in total. The Balaban J connectivity index is 2.14. The summed E-state index contributed by atoms with van der Waals surface area (Å²) in [5.41, 5.74) is 0.119. The third kappa shape index (κ3) is 3.58. The number of benzene rings is 1. The van der Waals surface area contributed by atoms with E-state index in [4.69, 9.17) is 4.74 Å². The van der Waals surface area contributed by atoms with E-state index in [1.165, 1.54) is 6.92 Å². The molecule has 2 atom stereocenters. The van der Waals surface area contributed by atoms with Gasteiger partial charge in [-0.1, -0.05) is 30.3 Å². The van der Waals surface area contributed by atoms with Crippen LogP contribution in [-0.4, -0.2) is 40.5 Å². The zero-order valence-electron chi connectivity index (χ0n) is 12.3. The molecule has 0 radical (unpaired) electrons. The topological polar surface area (TPSA) is 72.7 Å². The standard InChI is InChI=1S/C15H20N2O4/c1-12-15(11-17(19)20,21-13(2)18)8-9-16(12)10-14-6-4-3-5-7-14/h3-7,12H,8-11H2,1-2H3. The Bertz CT molecular complexity index is 502. The van der Waals surface area contributed by atoms with Crippen LogP contribution in [0.5, 0.6) is 0 Å². The van der Waals surface area contributed by atoms with Gasteiger partial charge in [-0.2, -0.15) is 0 Å². The molecule has 1 saturated heterocycles. The summed E-state index contributed by atoms with van der Waals surface area (Å²) in [5, 5.41) is 10.9. The maximum Gasteiger partial charge on any atom is 0.303 e. The van der Waals surface area contributed by atoms with Gasteiger partial charge in [-0.3, -0.25) is 19.8 Å². The Morgan fingerprint density at radius 3 is 2.71 bits per heavy atom. The molecule has 2 rings (SSSR count). The van der Waals surface area contributed by atoms with Crippen LogP contribution >= 0.6 is 0 Å². The van der Waals surface area contributed by atoms with Crippen molar-refractivity contribution in [2.24, 2.45) is 0 Å². The number of carbonyl (C=O) groups is 1. The molecule has 6 heteroatoms. The third-order valence-electron chi connectivity index (χ3n) is 4.10. The lowest BCUT2D eigenvalue weighted by Crippen LogP contribution is -2.50. The molecular formula is C15H20N2O4. The van der Waals surface area contributed by atoms with E-state index < -0.39 is 16.5 Å². The Morgan fingerprint density at radius 2 is 2.14 bits per heavy atom. The average Bonchev–Trinajstić information content (AvgIpc) is 2.68. The normalized spacial score (nSPS) is 25.7. The Hall–Kier alpha value is -1.95. The quantitative estimate of drug-likeness (QED) is 0.470. The number of esters is 1. The number of likely N-dealkylation sites (tertiary alicyclic amines) is 1. The first-order valence-corrected chi connectivity index (χ1v) is 7.02. The van der Waals surface area contributed by atoms with Gasteiger partial charge in [0.2, 0.25) is 6.54 Å². The van der Waals surface area contributed by atoms with Crippen LogP contribution in [0.3, 0.4) is 0 Å². The van der Waals surface area contributed by atoms with Crippen molar-refractivity contribution in [3.05, 3.63) is 46.0 Å². The van der Waals surface area contributed by atoms with Gasteiger partial charge in [-0.05, 0) is 12.5 Å². The van der Waals surface area contributed by atoms with Gasteiger partial charge < -0.3 is 4.74 Å². The van der Waals surface area contributed by atoms with Crippen molar-refractivity contribution in [2.45, 2.75) is 38.5 Å². The third-order valence-corrected chi connectivity index (χ3v) is 4.10. The Morgan fingerprint density at radius 1 is 1.48 bits per heavy atom. The molecule has 1 aliphatic heterocycles. The van der Waals surface area contributed by atoms with Crippen LogP contribution in [0, 0.1) is 10.1 Å². The van der Waals surface area contributed by atoms with Gasteiger partial charge in [0.15, 0.2) is 5.60 Å². The van der Waals surface area contributed by atoms with Gasteiger partial charge >= 0.3 is 5.97 Å². The second kappa shape index (κ2) is 6.22. The van der Waals surface area contributed by atoms with Crippen molar-refractivity contribution >= 4 is 5.97 Å². The number of hydrogen-bond donors (Lipinski definition) is 0. The summed E-state index contributed by atoms with van der Waals surface area (Å²) in [6, 6.07) is 9.73. The highest BCUT2D eigenvalue weighted by Crippen LogP contribution is 2.33. The highest BCUT2D eigenvalue weighted by molar-refractivity contribution is 5.66. The van der Waals surface area contributed by atoms with Crippen molar-refractivity contribution in [2.75, 3.05) is 13.1 Å². The number of ether oxygens (including phenoxy) is 1. The summed E-state index contributed by atoms with van der Waals surface area (Å²) >= 11 is 0. The molecule has 114 valence electrons. The zero-order valence-corrected chi connectivity index (χ0v) is 12.3. The monoisotopic (exact) mass is 292 g/mol. The fourth-order valence-electron chi connectivity index (χ4n) is 2.99. The van der Waals surface area contributed by atoms with Crippen molar-refractivity contribution in [1.82, 2.24) is 4.90 Å². The number of hydrogen-bond acceptors (Lipinski definition) is 5. The zero-order chi connectivity index (χ0) is 15.5. The fourth-order valence-corrected chi connectivity index (χ4v) is 2.99. The minimum Gasteiger partial charge on any atom is -0.450 e. The summed E-state index contributed by atoms with van der Waals surface area (Å²) in [4.78, 5) is 24.0. The van der Waals surface area contributed by atoms with Gasteiger partial charge in [-0.15, -0.1) is 0 Å². The van der Waals surface area contributed by atoms with Crippen LogP contribution in [0.15, 0.2) is 30.3 Å². The maximum absolute atomic E-state index is 11.3. The number of rotatable bonds is 5. The van der Waals surface area contributed by atoms with E-state index in [1.54, 1.807) is 0 Å². The van der Waals surface area contributed by atoms with Crippen LogP contribution in [0.1, 0.15) is 25.8 Å². The number of nitro groups is 1. The van der Waals surface area contributed by atoms with Crippen LogP contribution < -0.4 is 0 Å². The van der Waals surface area contributed by atoms with Gasteiger partial charge in [0.1, 0.15) is 0 Å². The molecule has 1 aliphatic rings. The average molecular weight is 292 g/mol. The predicted molar refractivity (Wildman–Crippen MR) is 77.3 cm³/mol. The molecule has 2 unspecified atom stereocenters. The highest BCUT2D eigenvalue weighted by Gasteiger charge is 2.51. The second-order valence-corrected chi connectivity index (χ2v) is 5.53. The summed E-state index contributed by atoms with van der Waals surface area (Å²) in [7, 11) is 0. The SMILES string of the molecule is CC(=O)OC1(C[N+](=O)[O-])CCN(Cc2ccccc2)C1C. The van der Waals surface area contributed by atoms with Crippen molar-refractivity contribution in [3.8, 4) is 0 Å². The summed E-state index contributed by atoms with van der Waals surface area (Å²) < 4.78 is 5.37. The minimum atomic E-state index is -1.02. The van der Waals surface area contributed by atoms with Crippen molar-refractivity contribution in [1.29, 1.82) is 0 Å². The molecule has 0 N–H and O–H groups in total. The molecule has 0 amide bonds. The molecule has 0 aromatic heterocycles. The molecule has 0 saturated carbocycles. The summed E-state index contributed by atoms with van der Waals surface area (Å²) in [5.74, 6) is -0.467. The van der Waals surface area contributed by atoms with Gasteiger partial charge in [-0.25, -0.2) is 0 Å². The molecular weight excluding hydrogens is 272 g/mol. The lowest BCUT2D eigenvalue weighted by molar-refractivity contribution is -0.501. The second-order valence-electron chi connectivity index (χ2n) is 5.53. The summed E-state index contributed by atoms with van der Waals surface area (Å²) in [6.07, 6.45) is 0.488. The predicted octanol–water partition coefficient (Wildman–Crippen LogP) is 1.86. The lowest BCUT2D eigenvalue weighted by atomic mass is 9.95. The first-order valence-electron chi connectivity index (χ1n) is 7.02. The van der Waals surface area contributed by atoms with Gasteiger partial charge in [0.25, 0.3) is 0 Å². The van der Waals surface area contributed by atoms with Crippen molar-refractivity contribution in [3.63, 3.8) is 0 Å². The van der Waals surface area contributed by atoms with E-state index in [0.29, 0.717) is 19.5 Å². The summed E-state index contributed by atoms with van der Waals surface area (Å²) in [6.45, 7) is 4.22. The molecule has 21 heavy (non-hydrogen) atoms. The first kappa shape index (κ1) is 15.4.